The van der Waals surface area contributed by atoms with Gasteiger partial charge in [-0.3, -0.25) is 9.59 Å². The average Bonchev–Trinajstić information content (AvgIpc) is 2.72. The summed E-state index contributed by atoms with van der Waals surface area (Å²) in [7, 11) is 0. The molecule has 1 atom stereocenters. The number of halogens is 1. The van der Waals surface area contributed by atoms with Crippen molar-refractivity contribution in [3.05, 3.63) is 53.5 Å². The van der Waals surface area contributed by atoms with Crippen LogP contribution in [-0.4, -0.2) is 47.9 Å². The van der Waals surface area contributed by atoms with Crippen LogP contribution in [-0.2, 0) is 9.59 Å². The quantitative estimate of drug-likeness (QED) is 0.860. The zero-order chi connectivity index (χ0) is 19.7. The fourth-order valence-electron chi connectivity index (χ4n) is 3.69. The maximum absolute atomic E-state index is 13.5. The monoisotopic (exact) mass is 379 g/mol. The minimum Gasteiger partial charge on any atom is -0.353 e. The molecule has 2 aromatic rings. The highest BCUT2D eigenvalue weighted by Crippen LogP contribution is 2.34. The number of carbonyl (C=O) groups excluding carboxylic acids is 2. The van der Waals surface area contributed by atoms with Crippen LogP contribution in [0.3, 0.4) is 0 Å². The van der Waals surface area contributed by atoms with E-state index >= 15 is 0 Å². The second-order valence-electron chi connectivity index (χ2n) is 6.86. The third-order valence-electron chi connectivity index (χ3n) is 5.14. The summed E-state index contributed by atoms with van der Waals surface area (Å²) in [5.74, 6) is -0.749. The van der Waals surface area contributed by atoms with Crippen LogP contribution in [0.15, 0.2) is 36.5 Å². The molecule has 7 nitrogen and oxygen atoms in total. The van der Waals surface area contributed by atoms with E-state index in [-0.39, 0.29) is 18.2 Å². The van der Waals surface area contributed by atoms with Crippen molar-refractivity contribution in [3.8, 4) is 6.07 Å². The number of aromatic nitrogens is 1. The predicted octanol–water partition coefficient (Wildman–Crippen LogP) is 1.87. The second-order valence-corrected chi connectivity index (χ2v) is 6.86. The molecule has 0 spiro atoms. The lowest BCUT2D eigenvalue weighted by molar-refractivity contribution is -0.135. The smallest absolute Gasteiger partial charge is 0.230 e. The number of fused-ring (bicyclic) bond motifs is 1. The molecule has 2 amide bonds. The Labute approximate surface area is 161 Å². The highest BCUT2D eigenvalue weighted by Gasteiger charge is 2.35. The van der Waals surface area contributed by atoms with E-state index in [0.29, 0.717) is 48.8 Å². The molecule has 4 rings (SSSR count). The Hall–Kier alpha value is -3.47. The second kappa shape index (κ2) is 7.27. The van der Waals surface area contributed by atoms with Gasteiger partial charge in [-0.1, -0.05) is 6.07 Å². The Balaban J connectivity index is 1.47. The molecule has 1 N–H and O–H groups in total. The van der Waals surface area contributed by atoms with Crippen molar-refractivity contribution in [1.82, 2.24) is 9.88 Å². The van der Waals surface area contributed by atoms with Gasteiger partial charge < -0.3 is 15.1 Å². The van der Waals surface area contributed by atoms with Gasteiger partial charge in [-0.15, -0.1) is 0 Å². The van der Waals surface area contributed by atoms with Crippen molar-refractivity contribution >= 4 is 23.3 Å². The molecule has 1 saturated heterocycles. The predicted molar refractivity (Wildman–Crippen MR) is 100 cm³/mol. The SMILES string of the molecule is N#Cc1ccnc(N2CCN(C(=O)C3CC(=O)Nc4cc(F)ccc43)CC2)c1. The molecule has 0 aliphatic carbocycles. The van der Waals surface area contributed by atoms with Crippen LogP contribution in [0.4, 0.5) is 15.9 Å². The summed E-state index contributed by atoms with van der Waals surface area (Å²) in [4.78, 5) is 33.1. The average molecular weight is 379 g/mol. The molecule has 1 aromatic carbocycles. The molecular formula is C20H18FN5O2. The molecule has 0 radical (unpaired) electrons. The van der Waals surface area contributed by atoms with Gasteiger partial charge in [0.2, 0.25) is 11.8 Å². The largest absolute Gasteiger partial charge is 0.353 e. The lowest BCUT2D eigenvalue weighted by Gasteiger charge is -2.38. The summed E-state index contributed by atoms with van der Waals surface area (Å²) in [5.41, 5.74) is 1.56. The molecule has 142 valence electrons. The number of piperazine rings is 1. The lowest BCUT2D eigenvalue weighted by Crippen LogP contribution is -2.51. The number of amides is 2. The van der Waals surface area contributed by atoms with E-state index in [1.165, 1.54) is 12.1 Å². The lowest BCUT2D eigenvalue weighted by atomic mass is 9.89. The summed E-state index contributed by atoms with van der Waals surface area (Å²) >= 11 is 0. The topological polar surface area (TPSA) is 89.3 Å². The van der Waals surface area contributed by atoms with E-state index in [9.17, 15) is 14.0 Å². The van der Waals surface area contributed by atoms with Crippen LogP contribution in [0, 0.1) is 17.1 Å². The van der Waals surface area contributed by atoms with Crippen molar-refractivity contribution in [2.75, 3.05) is 36.4 Å². The van der Waals surface area contributed by atoms with Crippen LogP contribution in [0.2, 0.25) is 0 Å². The van der Waals surface area contributed by atoms with Gasteiger partial charge in [-0.25, -0.2) is 9.37 Å². The molecule has 8 heteroatoms. The molecule has 1 unspecified atom stereocenters. The number of carbonyl (C=O) groups is 2. The first-order chi connectivity index (χ1) is 13.5. The zero-order valence-corrected chi connectivity index (χ0v) is 15.1. The van der Waals surface area contributed by atoms with E-state index < -0.39 is 11.7 Å². The normalized spacial score (nSPS) is 18.9. The van der Waals surface area contributed by atoms with Crippen LogP contribution in [0.5, 0.6) is 0 Å². The Morgan fingerprint density at radius 1 is 1.21 bits per heavy atom. The van der Waals surface area contributed by atoms with Crippen molar-refractivity contribution < 1.29 is 14.0 Å². The fraction of sp³-hybridized carbons (Fsp3) is 0.300. The van der Waals surface area contributed by atoms with E-state index in [1.807, 2.05) is 4.90 Å². The van der Waals surface area contributed by atoms with Crippen LogP contribution in [0.1, 0.15) is 23.5 Å². The third-order valence-corrected chi connectivity index (χ3v) is 5.14. The molecule has 2 aliphatic heterocycles. The van der Waals surface area contributed by atoms with E-state index in [1.54, 1.807) is 29.3 Å². The number of nitrogens with zero attached hydrogens (tertiary/aromatic N) is 4. The highest BCUT2D eigenvalue weighted by molar-refractivity contribution is 6.01. The Morgan fingerprint density at radius 2 is 2.00 bits per heavy atom. The number of rotatable bonds is 2. The summed E-state index contributed by atoms with van der Waals surface area (Å²) in [6.45, 7) is 2.16. The first kappa shape index (κ1) is 17.9. The Kier molecular flexibility index (Phi) is 4.65. The van der Waals surface area contributed by atoms with Crippen LogP contribution >= 0.6 is 0 Å². The molecule has 0 saturated carbocycles. The van der Waals surface area contributed by atoms with Gasteiger partial charge in [0.1, 0.15) is 11.6 Å². The molecule has 1 aromatic heterocycles. The van der Waals surface area contributed by atoms with Gasteiger partial charge in [0.15, 0.2) is 0 Å². The number of benzene rings is 1. The van der Waals surface area contributed by atoms with E-state index in [4.69, 9.17) is 5.26 Å². The van der Waals surface area contributed by atoms with Gasteiger partial charge in [-0.05, 0) is 29.8 Å². The minimum atomic E-state index is -0.601. The van der Waals surface area contributed by atoms with Crippen LogP contribution in [0.25, 0.3) is 0 Å². The van der Waals surface area contributed by atoms with Gasteiger partial charge >= 0.3 is 0 Å². The van der Waals surface area contributed by atoms with E-state index in [0.717, 1.165) is 0 Å². The Morgan fingerprint density at radius 3 is 2.75 bits per heavy atom. The van der Waals surface area contributed by atoms with Gasteiger partial charge in [-0.2, -0.15) is 5.26 Å². The molecular weight excluding hydrogens is 361 g/mol. The number of nitrogens with one attached hydrogen (secondary N) is 1. The maximum Gasteiger partial charge on any atom is 0.230 e. The van der Waals surface area contributed by atoms with Crippen molar-refractivity contribution in [3.63, 3.8) is 0 Å². The number of hydrogen-bond donors (Lipinski definition) is 1. The van der Waals surface area contributed by atoms with Gasteiger partial charge in [0, 0.05) is 44.5 Å². The highest BCUT2D eigenvalue weighted by atomic mass is 19.1. The summed E-state index contributed by atoms with van der Waals surface area (Å²) in [6.07, 6.45) is 1.66. The minimum absolute atomic E-state index is 0.0590. The first-order valence-corrected chi connectivity index (χ1v) is 9.04. The van der Waals surface area contributed by atoms with Crippen LogP contribution < -0.4 is 10.2 Å². The fourth-order valence-corrected chi connectivity index (χ4v) is 3.69. The first-order valence-electron chi connectivity index (χ1n) is 9.04. The number of nitriles is 1. The van der Waals surface area contributed by atoms with Crippen molar-refractivity contribution in [2.45, 2.75) is 12.3 Å². The van der Waals surface area contributed by atoms with Crippen molar-refractivity contribution in [1.29, 1.82) is 5.26 Å². The van der Waals surface area contributed by atoms with Crippen molar-refractivity contribution in [2.24, 2.45) is 0 Å². The van der Waals surface area contributed by atoms with Gasteiger partial charge in [0.05, 0.1) is 17.6 Å². The molecule has 2 aliphatic rings. The third kappa shape index (κ3) is 3.39. The number of anilines is 2. The molecule has 3 heterocycles. The maximum atomic E-state index is 13.5. The molecule has 1 fully saturated rings. The summed E-state index contributed by atoms with van der Waals surface area (Å²) in [6, 6.07) is 9.60. The Bertz CT molecular complexity index is 979. The zero-order valence-electron chi connectivity index (χ0n) is 15.1. The standard InChI is InChI=1S/C20H18FN5O2/c21-14-1-2-15-16(11-19(27)24-17(15)10-14)20(28)26-7-5-25(6-8-26)18-9-13(12-22)3-4-23-18/h1-4,9-10,16H,5-8,11H2,(H,24,27). The number of pyridine rings is 1. The summed E-state index contributed by atoms with van der Waals surface area (Å²) < 4.78 is 13.5. The molecule has 28 heavy (non-hydrogen) atoms. The number of hydrogen-bond acceptors (Lipinski definition) is 5. The molecule has 0 bridgehead atoms. The van der Waals surface area contributed by atoms with E-state index in [2.05, 4.69) is 16.4 Å². The van der Waals surface area contributed by atoms with Gasteiger partial charge in [0.25, 0.3) is 0 Å². The summed E-state index contributed by atoms with van der Waals surface area (Å²) in [5, 5.41) is 11.7.